The number of aromatic nitrogens is 2. The van der Waals surface area contributed by atoms with E-state index in [1.807, 2.05) is 31.2 Å². The molecule has 1 saturated heterocycles. The lowest BCUT2D eigenvalue weighted by molar-refractivity contribution is -0.0229. The highest BCUT2D eigenvalue weighted by Gasteiger charge is 2.30. The highest BCUT2D eigenvalue weighted by molar-refractivity contribution is 7.71. The maximum atomic E-state index is 12.1. The maximum absolute atomic E-state index is 12.1. The molecule has 0 spiro atoms. The Balaban J connectivity index is 1.34. The molecule has 7 nitrogen and oxygen atoms in total. The summed E-state index contributed by atoms with van der Waals surface area (Å²) in [6.45, 7) is 2.71. The number of rotatable bonds is 4. The van der Waals surface area contributed by atoms with Crippen LogP contribution < -0.4 is 10.2 Å². The summed E-state index contributed by atoms with van der Waals surface area (Å²) >= 11 is 5.08. The van der Waals surface area contributed by atoms with Gasteiger partial charge in [0.05, 0.1) is 19.3 Å². The first-order chi connectivity index (χ1) is 12.6. The van der Waals surface area contributed by atoms with E-state index >= 15 is 0 Å². The summed E-state index contributed by atoms with van der Waals surface area (Å²) in [5.74, 6) is 0.802. The molecule has 3 heterocycles. The van der Waals surface area contributed by atoms with Crippen molar-refractivity contribution in [2.75, 3.05) is 6.61 Å². The lowest BCUT2D eigenvalue weighted by atomic mass is 10.2. The molecule has 2 aliphatic heterocycles. The van der Waals surface area contributed by atoms with Crippen LogP contribution in [0.1, 0.15) is 30.2 Å². The number of benzene rings is 1. The minimum absolute atomic E-state index is 0.109. The molecule has 1 fully saturated rings. The van der Waals surface area contributed by atoms with Crippen molar-refractivity contribution < 1.29 is 18.3 Å². The van der Waals surface area contributed by atoms with Crippen molar-refractivity contribution in [3.05, 3.63) is 56.7 Å². The molecule has 3 atom stereocenters. The lowest BCUT2D eigenvalue weighted by Crippen LogP contribution is -2.28. The topological polar surface area (TPSA) is 74.7 Å². The minimum atomic E-state index is -1.43. The van der Waals surface area contributed by atoms with Gasteiger partial charge in [-0.25, -0.2) is 4.79 Å². The van der Waals surface area contributed by atoms with Crippen LogP contribution in [0, 0.1) is 11.6 Å². The third-order valence-corrected chi connectivity index (χ3v) is 5.85. The second-order valence-corrected chi connectivity index (χ2v) is 7.82. The van der Waals surface area contributed by atoms with Gasteiger partial charge in [-0.3, -0.25) is 18.6 Å². The van der Waals surface area contributed by atoms with Crippen LogP contribution >= 0.6 is 20.8 Å². The van der Waals surface area contributed by atoms with Gasteiger partial charge >= 0.3 is 14.3 Å². The molecule has 2 aromatic rings. The number of hydrogen-bond acceptors (Lipinski definition) is 6. The number of H-pyrrole nitrogens is 1. The Morgan fingerprint density at radius 3 is 3.12 bits per heavy atom. The SMILES string of the molecule is Cc1cn(C2CCC(COP3OCc4ccccc4O3)O2)c(=O)[nH]c1=S. The van der Waals surface area contributed by atoms with E-state index in [1.54, 1.807) is 10.8 Å². The first kappa shape index (κ1) is 17.8. The van der Waals surface area contributed by atoms with Gasteiger partial charge < -0.3 is 9.26 Å². The third kappa shape index (κ3) is 3.75. The average Bonchev–Trinajstić information content (AvgIpc) is 3.11. The number of aromatic amines is 1. The van der Waals surface area contributed by atoms with Crippen LogP contribution in [0.3, 0.4) is 0 Å². The van der Waals surface area contributed by atoms with E-state index in [0.717, 1.165) is 29.7 Å². The van der Waals surface area contributed by atoms with E-state index < -0.39 is 8.60 Å². The Labute approximate surface area is 156 Å². The van der Waals surface area contributed by atoms with Crippen molar-refractivity contribution in [2.24, 2.45) is 0 Å². The molecule has 0 amide bonds. The molecule has 1 aromatic carbocycles. The Bertz CT molecular complexity index is 915. The molecule has 3 unspecified atom stereocenters. The third-order valence-electron chi connectivity index (χ3n) is 4.38. The summed E-state index contributed by atoms with van der Waals surface area (Å²) in [5, 5.41) is 0. The minimum Gasteiger partial charge on any atom is -0.426 e. The van der Waals surface area contributed by atoms with Crippen LogP contribution in [0.4, 0.5) is 0 Å². The fourth-order valence-corrected chi connectivity index (χ4v) is 4.15. The fourth-order valence-electron chi connectivity index (χ4n) is 2.96. The average molecular weight is 394 g/mol. The van der Waals surface area contributed by atoms with Crippen molar-refractivity contribution in [2.45, 2.75) is 38.7 Å². The molecular weight excluding hydrogens is 375 g/mol. The van der Waals surface area contributed by atoms with E-state index in [9.17, 15) is 4.79 Å². The van der Waals surface area contributed by atoms with Crippen molar-refractivity contribution >= 4 is 20.8 Å². The normalized spacial score (nSPS) is 24.9. The van der Waals surface area contributed by atoms with Crippen LogP contribution in [0.15, 0.2) is 35.3 Å². The quantitative estimate of drug-likeness (QED) is 0.629. The number of para-hydroxylation sites is 1. The largest absolute Gasteiger partial charge is 0.426 e. The predicted octanol–water partition coefficient (Wildman–Crippen LogP) is 3.74. The van der Waals surface area contributed by atoms with Gasteiger partial charge in [0.15, 0.2) is 0 Å². The zero-order valence-corrected chi connectivity index (χ0v) is 15.9. The van der Waals surface area contributed by atoms with E-state index in [-0.39, 0.29) is 18.0 Å². The van der Waals surface area contributed by atoms with Gasteiger partial charge in [-0.05, 0) is 25.8 Å². The van der Waals surface area contributed by atoms with Crippen LogP contribution in [0.5, 0.6) is 5.75 Å². The molecule has 0 bridgehead atoms. The molecular formula is C17H19N2O5PS. The van der Waals surface area contributed by atoms with E-state index in [0.29, 0.717) is 17.9 Å². The monoisotopic (exact) mass is 394 g/mol. The van der Waals surface area contributed by atoms with Gasteiger partial charge in [0.2, 0.25) is 0 Å². The van der Waals surface area contributed by atoms with Crippen molar-refractivity contribution in [1.29, 1.82) is 0 Å². The summed E-state index contributed by atoms with van der Waals surface area (Å²) in [6.07, 6.45) is 2.85. The molecule has 1 aromatic heterocycles. The Morgan fingerprint density at radius 2 is 2.23 bits per heavy atom. The summed E-state index contributed by atoms with van der Waals surface area (Å²) in [6, 6.07) is 7.75. The molecule has 4 rings (SSSR count). The highest BCUT2D eigenvalue weighted by atomic mass is 32.1. The van der Waals surface area contributed by atoms with Crippen molar-refractivity contribution in [1.82, 2.24) is 9.55 Å². The molecule has 0 saturated carbocycles. The molecule has 138 valence electrons. The number of hydrogen-bond donors (Lipinski definition) is 1. The second-order valence-electron chi connectivity index (χ2n) is 6.26. The Kier molecular flexibility index (Phi) is 5.20. The molecule has 1 N–H and O–H groups in total. The van der Waals surface area contributed by atoms with Crippen molar-refractivity contribution in [3.8, 4) is 5.75 Å². The number of nitrogens with zero attached hydrogens (tertiary/aromatic N) is 1. The second kappa shape index (κ2) is 7.58. The van der Waals surface area contributed by atoms with Gasteiger partial charge in [-0.2, -0.15) is 0 Å². The maximum Gasteiger partial charge on any atom is 0.397 e. The standard InChI is InChI=1S/C17H19N2O5PS/c1-11-8-19(17(20)18-16(11)26)15-7-6-13(23-15)10-22-25-21-9-12-4-2-3-5-14(12)24-25/h2-5,8,13,15H,6-7,9-10H2,1H3,(H,18,20,26). The number of nitrogens with one attached hydrogen (secondary N) is 1. The smallest absolute Gasteiger partial charge is 0.397 e. The number of aryl methyl sites for hydroxylation is 1. The van der Waals surface area contributed by atoms with Crippen LogP contribution in [-0.4, -0.2) is 22.3 Å². The van der Waals surface area contributed by atoms with E-state index in [2.05, 4.69) is 4.98 Å². The van der Waals surface area contributed by atoms with Crippen LogP contribution in [0.25, 0.3) is 0 Å². The summed E-state index contributed by atoms with van der Waals surface area (Å²) in [4.78, 5) is 14.8. The summed E-state index contributed by atoms with van der Waals surface area (Å²) < 4.78 is 25.1. The van der Waals surface area contributed by atoms with Crippen molar-refractivity contribution in [3.63, 3.8) is 0 Å². The molecule has 26 heavy (non-hydrogen) atoms. The van der Waals surface area contributed by atoms with Crippen LogP contribution in [0.2, 0.25) is 0 Å². The summed E-state index contributed by atoms with van der Waals surface area (Å²) in [5.41, 5.74) is 1.60. The zero-order chi connectivity index (χ0) is 18.1. The number of fused-ring (bicyclic) bond motifs is 1. The Morgan fingerprint density at radius 1 is 1.38 bits per heavy atom. The lowest BCUT2D eigenvalue weighted by Gasteiger charge is -2.24. The van der Waals surface area contributed by atoms with Gasteiger partial charge in [0.1, 0.15) is 16.6 Å². The molecule has 9 heteroatoms. The molecule has 0 aliphatic carbocycles. The van der Waals surface area contributed by atoms with E-state index in [4.69, 9.17) is 30.5 Å². The van der Waals surface area contributed by atoms with Gasteiger partial charge in [-0.15, -0.1) is 0 Å². The highest BCUT2D eigenvalue weighted by Crippen LogP contribution is 2.47. The Hall–Kier alpha value is -1.57. The zero-order valence-electron chi connectivity index (χ0n) is 14.2. The molecule has 0 radical (unpaired) electrons. The molecule has 2 aliphatic rings. The first-order valence-electron chi connectivity index (χ1n) is 8.39. The van der Waals surface area contributed by atoms with E-state index in [1.165, 1.54) is 0 Å². The van der Waals surface area contributed by atoms with Gasteiger partial charge in [0, 0.05) is 17.3 Å². The summed E-state index contributed by atoms with van der Waals surface area (Å²) in [7, 11) is -1.43. The van der Waals surface area contributed by atoms with Gasteiger partial charge in [-0.1, -0.05) is 30.4 Å². The van der Waals surface area contributed by atoms with Gasteiger partial charge in [0.25, 0.3) is 0 Å². The first-order valence-corrected chi connectivity index (χ1v) is 9.90. The predicted molar refractivity (Wildman–Crippen MR) is 98.5 cm³/mol. The van der Waals surface area contributed by atoms with Crippen LogP contribution in [-0.2, 0) is 20.4 Å². The fraction of sp³-hybridized carbons (Fsp3) is 0.412. The number of ether oxygens (including phenoxy) is 1.